The van der Waals surface area contributed by atoms with Crippen molar-refractivity contribution in [3.8, 4) is 0 Å². The van der Waals surface area contributed by atoms with Gasteiger partial charge in [0.1, 0.15) is 48.3 Å². The smallest absolute Gasteiger partial charge is 0.326 e. The van der Waals surface area contributed by atoms with Crippen LogP contribution in [-0.4, -0.2) is 211 Å². The van der Waals surface area contributed by atoms with Crippen molar-refractivity contribution in [1.29, 1.82) is 0 Å². The minimum absolute atomic E-state index is 0.00421. The summed E-state index contributed by atoms with van der Waals surface area (Å²) in [7, 11) is 0. The van der Waals surface area contributed by atoms with Gasteiger partial charge in [-0.3, -0.25) is 77.9 Å². The van der Waals surface area contributed by atoms with Crippen LogP contribution < -0.4 is 129 Å². The van der Waals surface area contributed by atoms with Crippen LogP contribution in [0.3, 0.4) is 0 Å². The lowest BCUT2D eigenvalue weighted by atomic mass is 10.0. The Morgan fingerprint density at radius 3 is 0.796 bits per heavy atom. The lowest BCUT2D eigenvalue weighted by molar-refractivity contribution is -0.142. The summed E-state index contributed by atoms with van der Waals surface area (Å²) < 4.78 is 0. The number of nitrogens with zero attached hydrogens (tertiary/aromatic N) is 6. The molecule has 9 atom stereocenters. The Morgan fingerprint density at radius 2 is 0.538 bits per heavy atom. The molecular formula is C51H99N29O13. The van der Waals surface area contributed by atoms with Crippen LogP contribution in [0.2, 0.25) is 0 Å². The Kier molecular flexibility index (Phi) is 41.6. The highest BCUT2D eigenvalue weighted by Gasteiger charge is 2.36. The second-order valence-corrected chi connectivity index (χ2v) is 21.0. The molecule has 0 radical (unpaired) electrons. The zero-order chi connectivity index (χ0) is 70.6. The van der Waals surface area contributed by atoms with E-state index in [4.69, 9.17) is 86.0 Å². The number of nitrogens with two attached hydrogens (primary N) is 15. The Balaban J connectivity index is 7.44. The van der Waals surface area contributed by atoms with Crippen molar-refractivity contribution in [2.45, 2.75) is 170 Å². The molecular weight excluding hydrogens is 1230 g/mol. The van der Waals surface area contributed by atoms with Gasteiger partial charge >= 0.3 is 11.9 Å². The minimum atomic E-state index is -1.77. The third-order valence-electron chi connectivity index (χ3n) is 13.1. The maximum atomic E-state index is 14.6. The molecule has 526 valence electrons. The molecule has 9 amide bonds. The van der Waals surface area contributed by atoms with Gasteiger partial charge in [-0.25, -0.2) is 4.79 Å². The molecule has 0 unspecified atom stereocenters. The van der Waals surface area contributed by atoms with Gasteiger partial charge in [0.25, 0.3) is 0 Å². The summed E-state index contributed by atoms with van der Waals surface area (Å²) in [5.41, 5.74) is 82.7. The molecule has 0 aromatic heterocycles. The molecule has 0 saturated carbocycles. The van der Waals surface area contributed by atoms with Gasteiger partial charge in [0, 0.05) is 45.7 Å². The molecule has 0 aliphatic carbocycles. The summed E-state index contributed by atoms with van der Waals surface area (Å²) in [6, 6.07) is -14.0. The van der Waals surface area contributed by atoms with Crippen LogP contribution in [0.4, 0.5) is 0 Å². The van der Waals surface area contributed by atoms with Gasteiger partial charge in [0.05, 0.1) is 12.5 Å². The number of hydrogen-bond acceptors (Lipinski definition) is 19. The van der Waals surface area contributed by atoms with Crippen LogP contribution in [0.15, 0.2) is 30.0 Å². The number of amides is 9. The molecule has 0 spiro atoms. The van der Waals surface area contributed by atoms with Crippen molar-refractivity contribution in [2.75, 3.05) is 45.8 Å². The predicted molar refractivity (Wildman–Crippen MR) is 344 cm³/mol. The summed E-state index contributed by atoms with van der Waals surface area (Å²) in [6.45, 7) is -0.0162. The van der Waals surface area contributed by atoms with E-state index >= 15 is 0 Å². The second kappa shape index (κ2) is 46.7. The fraction of sp³-hybridized carbons (Fsp3) is 0.667. The van der Waals surface area contributed by atoms with E-state index in [0.717, 1.165) is 0 Å². The molecule has 0 bridgehead atoms. The highest BCUT2D eigenvalue weighted by Crippen LogP contribution is 2.12. The number of guanidine groups is 6. The van der Waals surface area contributed by atoms with E-state index < -0.39 is 139 Å². The first kappa shape index (κ1) is 82.7. The van der Waals surface area contributed by atoms with Crippen molar-refractivity contribution in [2.24, 2.45) is 116 Å². The Hall–Kier alpha value is -10.3. The predicted octanol–water partition coefficient (Wildman–Crippen LogP) is -11.5. The summed E-state index contributed by atoms with van der Waals surface area (Å²) in [4.78, 5) is 173. The highest BCUT2D eigenvalue weighted by molar-refractivity contribution is 5.99. The highest BCUT2D eigenvalue weighted by atomic mass is 16.4. The van der Waals surface area contributed by atoms with E-state index in [1.54, 1.807) is 0 Å². The normalized spacial score (nSPS) is 13.6. The quantitative estimate of drug-likeness (QED) is 0.0153. The van der Waals surface area contributed by atoms with Gasteiger partial charge in [0.2, 0.25) is 53.2 Å². The molecule has 40 N–H and O–H groups in total. The molecule has 0 aromatic rings. The van der Waals surface area contributed by atoms with E-state index in [0.29, 0.717) is 6.42 Å². The van der Waals surface area contributed by atoms with E-state index in [9.17, 15) is 63.0 Å². The molecule has 0 aliphatic heterocycles. The van der Waals surface area contributed by atoms with E-state index in [1.165, 1.54) is 0 Å². The van der Waals surface area contributed by atoms with E-state index in [2.05, 4.69) is 72.5 Å². The maximum absolute atomic E-state index is 14.6. The van der Waals surface area contributed by atoms with E-state index in [-0.39, 0.29) is 171 Å². The lowest BCUT2D eigenvalue weighted by Crippen LogP contribution is -2.60. The number of primary amides is 1. The van der Waals surface area contributed by atoms with Gasteiger partial charge < -0.3 is 139 Å². The van der Waals surface area contributed by atoms with Crippen LogP contribution in [0.5, 0.6) is 0 Å². The first-order valence-electron chi connectivity index (χ1n) is 29.7. The topological polar surface area (TPSA) is 789 Å². The van der Waals surface area contributed by atoms with E-state index in [1.807, 2.05) is 0 Å². The Bertz CT molecular complexity index is 2620. The Morgan fingerprint density at radius 1 is 0.301 bits per heavy atom. The van der Waals surface area contributed by atoms with Gasteiger partial charge in [-0.15, -0.1) is 0 Å². The first-order chi connectivity index (χ1) is 43.8. The number of aliphatic carboxylic acids is 2. The summed E-state index contributed by atoms with van der Waals surface area (Å²) in [5, 5.41) is 39.4. The largest absolute Gasteiger partial charge is 0.481 e. The molecule has 0 fully saturated rings. The number of carbonyl (C=O) groups is 11. The van der Waals surface area contributed by atoms with Gasteiger partial charge in [0.15, 0.2) is 35.8 Å². The zero-order valence-electron chi connectivity index (χ0n) is 52.1. The minimum Gasteiger partial charge on any atom is -0.481 e. The number of rotatable bonds is 50. The number of carboxylic acid groups (broad SMARTS) is 2. The molecule has 0 rings (SSSR count). The number of hydrogen-bond donors (Lipinski definition) is 25. The van der Waals surface area contributed by atoms with Crippen molar-refractivity contribution >= 4 is 101 Å². The average Bonchev–Trinajstić information content (AvgIpc) is 1.12. The van der Waals surface area contributed by atoms with Crippen LogP contribution in [0.25, 0.3) is 0 Å². The summed E-state index contributed by atoms with van der Waals surface area (Å²) in [6.07, 6.45) is -2.25. The summed E-state index contributed by atoms with van der Waals surface area (Å²) >= 11 is 0. The van der Waals surface area contributed by atoms with Gasteiger partial charge in [-0.1, -0.05) is 0 Å². The molecule has 0 aliphatic rings. The lowest BCUT2D eigenvalue weighted by Gasteiger charge is -2.28. The van der Waals surface area contributed by atoms with Crippen LogP contribution in [-0.2, 0) is 52.7 Å². The monoisotopic (exact) mass is 1330 g/mol. The van der Waals surface area contributed by atoms with Crippen molar-refractivity contribution in [3.05, 3.63) is 0 Å². The van der Waals surface area contributed by atoms with Crippen LogP contribution >= 0.6 is 0 Å². The maximum Gasteiger partial charge on any atom is 0.326 e. The molecule has 0 saturated heterocycles. The molecule has 0 heterocycles. The van der Waals surface area contributed by atoms with Gasteiger partial charge in [-0.05, 0) is 109 Å². The fourth-order valence-corrected chi connectivity index (χ4v) is 8.39. The number of nitrogens with one attached hydrogen (secondary N) is 8. The third kappa shape index (κ3) is 40.2. The van der Waals surface area contributed by atoms with Crippen molar-refractivity contribution in [1.82, 2.24) is 42.5 Å². The third-order valence-corrected chi connectivity index (χ3v) is 13.1. The molecule has 0 aromatic carbocycles. The molecule has 42 heteroatoms. The zero-order valence-corrected chi connectivity index (χ0v) is 52.1. The average molecular weight is 1330 g/mol. The number of unbranched alkanes of at least 4 members (excludes halogenated alkanes) is 1. The number of carbonyl (C=O) groups excluding carboxylic acids is 9. The summed E-state index contributed by atoms with van der Waals surface area (Å²) in [5.74, 6) is -13.7. The van der Waals surface area contributed by atoms with Gasteiger partial charge in [-0.2, -0.15) is 0 Å². The number of carboxylic acids is 2. The van der Waals surface area contributed by atoms with Crippen molar-refractivity contribution < 1.29 is 63.0 Å². The van der Waals surface area contributed by atoms with Crippen LogP contribution in [0.1, 0.15) is 116 Å². The Labute approximate surface area is 536 Å². The molecule has 42 nitrogen and oxygen atoms in total. The van der Waals surface area contributed by atoms with Crippen LogP contribution in [0, 0.1) is 0 Å². The SMILES string of the molecule is NCCCC[C@H](NC(=O)[C@H](CC(=O)O)NC(=O)[C@H](N)CCCN=C(N)N)C(=O)N[C@@H](CCCN=C(N)N)C(=O)N[C@H](CCCN=C(N)N)C(=O)N[C@@H](CCC(N)=O)C(=O)N[C@@H](CCCN=C(N)N)C(=O)N[C@@H](CCCN=C(N)N)C(=O)N[C@H](CCCN=C(N)N)C(=O)O. The standard InChI is InChI=1S/C51H99N29O13/c52-18-2-1-10-27(77-44(91)34(25-36(82)83)80-37(84)26(53)9-3-19-67-46(55)56)38(85)73-28(11-4-20-68-47(57)58)39(86)74-30(13-6-22-70-49(61)62)41(88)78-32(16-17-35(54)81)43(90)76-29(12-5-21-69-48(59)60)40(87)75-31(14-7-23-71-50(63)64)42(89)79-33(45(92)93)15-8-24-72-51(65)66/h26-34H,1-25,52-53H2,(H2,54,81)(H,73,85)(H,74,86)(H,75,87)(H,76,90)(H,77,91)(H,78,88)(H,79,89)(H,80,84)(H,82,83)(H,92,93)(H4,55,56,67)(H4,57,58,68)(H4,59,60,69)(H4,61,62,70)(H4,63,64,71)(H4,65,66,72)/t26-,27+,28+,29+,30-,31+,32+,33-,34+/m1/s1. The first-order valence-corrected chi connectivity index (χ1v) is 29.7. The van der Waals surface area contributed by atoms with Crippen molar-refractivity contribution in [3.63, 3.8) is 0 Å². The fourth-order valence-electron chi connectivity index (χ4n) is 8.39. The molecule has 93 heavy (non-hydrogen) atoms. The number of aliphatic imine (C=N–C) groups is 6. The second-order valence-electron chi connectivity index (χ2n) is 21.0.